The van der Waals surface area contributed by atoms with Crippen molar-refractivity contribution in [1.29, 1.82) is 0 Å². The smallest absolute Gasteiger partial charge is 0.252 e. The Kier molecular flexibility index (Phi) is 8.13. The van der Waals surface area contributed by atoms with Crippen LogP contribution in [-0.4, -0.2) is 38.0 Å². The fourth-order valence-electron chi connectivity index (χ4n) is 2.46. The number of aliphatic imine (C=N–C) groups is 1. The van der Waals surface area contributed by atoms with Crippen LogP contribution in [0.2, 0.25) is 5.02 Å². The predicted octanol–water partition coefficient (Wildman–Crippen LogP) is 3.66. The predicted molar refractivity (Wildman–Crippen MR) is 115 cm³/mol. The van der Waals surface area contributed by atoms with Crippen molar-refractivity contribution in [3.05, 3.63) is 57.2 Å². The molecule has 0 fully saturated rings. The summed E-state index contributed by atoms with van der Waals surface area (Å²) in [4.78, 5) is 18.2. The van der Waals surface area contributed by atoms with Crippen molar-refractivity contribution in [2.45, 2.75) is 26.2 Å². The second-order valence-corrected chi connectivity index (χ2v) is 8.07. The van der Waals surface area contributed by atoms with Crippen molar-refractivity contribution < 1.29 is 4.79 Å². The van der Waals surface area contributed by atoms with Gasteiger partial charge in [0.25, 0.3) is 5.91 Å². The average molecular weight is 407 g/mol. The van der Waals surface area contributed by atoms with Crippen LogP contribution in [0.3, 0.4) is 0 Å². The lowest BCUT2D eigenvalue weighted by Gasteiger charge is -2.22. The summed E-state index contributed by atoms with van der Waals surface area (Å²) in [6.45, 7) is 8.91. The van der Waals surface area contributed by atoms with Crippen molar-refractivity contribution in [3.63, 3.8) is 0 Å². The molecule has 1 aromatic carbocycles. The van der Waals surface area contributed by atoms with Crippen LogP contribution in [0.15, 0.2) is 46.8 Å². The van der Waals surface area contributed by atoms with Crippen LogP contribution in [0, 0.1) is 0 Å². The van der Waals surface area contributed by atoms with E-state index in [1.54, 1.807) is 35.6 Å². The molecule has 1 amide bonds. The molecule has 1 heterocycles. The van der Waals surface area contributed by atoms with E-state index in [0.717, 1.165) is 12.5 Å². The van der Waals surface area contributed by atoms with Gasteiger partial charge in [0.05, 0.1) is 17.1 Å². The number of hydrogen-bond donors (Lipinski definition) is 3. The monoisotopic (exact) mass is 406 g/mol. The molecular weight excluding hydrogens is 380 g/mol. The van der Waals surface area contributed by atoms with Crippen LogP contribution in [0.25, 0.3) is 0 Å². The summed E-state index contributed by atoms with van der Waals surface area (Å²) in [6, 6.07) is 11.2. The van der Waals surface area contributed by atoms with Gasteiger partial charge >= 0.3 is 0 Å². The van der Waals surface area contributed by atoms with Gasteiger partial charge in [-0.3, -0.25) is 9.79 Å². The fourth-order valence-corrected chi connectivity index (χ4v) is 3.52. The van der Waals surface area contributed by atoms with E-state index in [2.05, 4.69) is 47.3 Å². The molecule has 0 aliphatic rings. The maximum atomic E-state index is 12.2. The SMILES string of the molecule is CCNC(=NCC(C)(C)c1cccs1)NCCNC(=O)c1ccccc1Cl. The van der Waals surface area contributed by atoms with Crippen molar-refractivity contribution in [1.82, 2.24) is 16.0 Å². The van der Waals surface area contributed by atoms with Gasteiger partial charge < -0.3 is 16.0 Å². The Labute approximate surface area is 170 Å². The first-order valence-corrected chi connectivity index (χ1v) is 10.3. The molecule has 1 aromatic heterocycles. The largest absolute Gasteiger partial charge is 0.357 e. The molecule has 0 spiro atoms. The minimum Gasteiger partial charge on any atom is -0.357 e. The Hall–Kier alpha value is -2.05. The molecule has 0 aliphatic heterocycles. The minimum absolute atomic E-state index is 0.0191. The Morgan fingerprint density at radius 3 is 2.52 bits per heavy atom. The number of hydrogen-bond acceptors (Lipinski definition) is 3. The highest BCUT2D eigenvalue weighted by molar-refractivity contribution is 7.10. The molecule has 0 saturated heterocycles. The van der Waals surface area contributed by atoms with Gasteiger partial charge in [-0.1, -0.05) is 43.6 Å². The molecule has 0 atom stereocenters. The van der Waals surface area contributed by atoms with E-state index >= 15 is 0 Å². The first-order chi connectivity index (χ1) is 12.9. The number of carbonyl (C=O) groups is 1. The lowest BCUT2D eigenvalue weighted by Crippen LogP contribution is -2.42. The Morgan fingerprint density at radius 2 is 1.85 bits per heavy atom. The van der Waals surface area contributed by atoms with Gasteiger partial charge in [0.1, 0.15) is 0 Å². The van der Waals surface area contributed by atoms with Crippen LogP contribution in [0.1, 0.15) is 36.0 Å². The van der Waals surface area contributed by atoms with Crippen molar-refractivity contribution >= 4 is 34.8 Å². The van der Waals surface area contributed by atoms with Crippen LogP contribution in [-0.2, 0) is 5.41 Å². The molecule has 0 unspecified atom stereocenters. The topological polar surface area (TPSA) is 65.5 Å². The second-order valence-electron chi connectivity index (χ2n) is 6.72. The normalized spacial score (nSPS) is 11.9. The third-order valence-corrected chi connectivity index (χ3v) is 5.55. The number of nitrogens with zero attached hydrogens (tertiary/aromatic N) is 1. The molecule has 27 heavy (non-hydrogen) atoms. The van der Waals surface area contributed by atoms with E-state index < -0.39 is 0 Å². The van der Waals surface area contributed by atoms with Gasteiger partial charge in [0.2, 0.25) is 0 Å². The molecule has 146 valence electrons. The van der Waals surface area contributed by atoms with Gasteiger partial charge in [-0.25, -0.2) is 0 Å². The Balaban J connectivity index is 1.84. The van der Waals surface area contributed by atoms with Gasteiger partial charge in [-0.05, 0) is 30.5 Å². The molecule has 5 nitrogen and oxygen atoms in total. The van der Waals surface area contributed by atoms with E-state index in [0.29, 0.717) is 30.2 Å². The highest BCUT2D eigenvalue weighted by Crippen LogP contribution is 2.27. The molecule has 0 bridgehead atoms. The first-order valence-electron chi connectivity index (χ1n) is 9.03. The maximum absolute atomic E-state index is 12.2. The molecule has 3 N–H and O–H groups in total. The zero-order chi connectivity index (χ0) is 19.7. The molecule has 2 aromatic rings. The number of thiophene rings is 1. The summed E-state index contributed by atoms with van der Waals surface area (Å²) in [5, 5.41) is 11.9. The summed E-state index contributed by atoms with van der Waals surface area (Å²) < 4.78 is 0. The summed E-state index contributed by atoms with van der Waals surface area (Å²) in [5.41, 5.74) is 0.465. The maximum Gasteiger partial charge on any atom is 0.252 e. The summed E-state index contributed by atoms with van der Waals surface area (Å²) in [6.07, 6.45) is 0. The molecular formula is C20H27ClN4OS. The van der Waals surface area contributed by atoms with Crippen molar-refractivity contribution in [2.24, 2.45) is 4.99 Å². The lowest BCUT2D eigenvalue weighted by atomic mass is 9.92. The van der Waals surface area contributed by atoms with Gasteiger partial charge in [-0.2, -0.15) is 0 Å². The molecule has 0 aliphatic carbocycles. The van der Waals surface area contributed by atoms with Crippen LogP contribution in [0.5, 0.6) is 0 Å². The van der Waals surface area contributed by atoms with Crippen molar-refractivity contribution in [2.75, 3.05) is 26.2 Å². The van der Waals surface area contributed by atoms with E-state index in [-0.39, 0.29) is 11.3 Å². The Morgan fingerprint density at radius 1 is 1.11 bits per heavy atom. The molecule has 0 radical (unpaired) electrons. The zero-order valence-corrected chi connectivity index (χ0v) is 17.6. The average Bonchev–Trinajstić information content (AvgIpc) is 3.19. The zero-order valence-electron chi connectivity index (χ0n) is 16.0. The van der Waals surface area contributed by atoms with E-state index in [9.17, 15) is 4.79 Å². The number of benzene rings is 1. The molecule has 2 rings (SSSR count). The standard InChI is InChI=1S/C20H27ClN4OS/c1-4-22-19(25-14-20(2,3)17-10-7-13-27-17)24-12-11-23-18(26)15-8-5-6-9-16(15)21/h5-10,13H,4,11-12,14H2,1-3H3,(H,23,26)(H2,22,24,25). The highest BCUT2D eigenvalue weighted by Gasteiger charge is 2.21. The number of carbonyl (C=O) groups excluding carboxylic acids is 1. The van der Waals surface area contributed by atoms with E-state index in [1.807, 2.05) is 6.92 Å². The molecule has 0 saturated carbocycles. The number of nitrogens with one attached hydrogen (secondary N) is 3. The number of guanidine groups is 1. The minimum atomic E-state index is -0.178. The van der Waals surface area contributed by atoms with Gasteiger partial charge in [0, 0.05) is 29.9 Å². The highest BCUT2D eigenvalue weighted by atomic mass is 35.5. The van der Waals surface area contributed by atoms with Crippen molar-refractivity contribution in [3.8, 4) is 0 Å². The third-order valence-electron chi connectivity index (χ3n) is 3.99. The third kappa shape index (κ3) is 6.56. The summed E-state index contributed by atoms with van der Waals surface area (Å²) in [7, 11) is 0. The first kappa shape index (κ1) is 21.3. The van der Waals surface area contributed by atoms with Gasteiger partial charge in [0.15, 0.2) is 5.96 Å². The van der Waals surface area contributed by atoms with Gasteiger partial charge in [-0.15, -0.1) is 11.3 Å². The quantitative estimate of drug-likeness (QED) is 0.356. The lowest BCUT2D eigenvalue weighted by molar-refractivity contribution is 0.0954. The number of rotatable bonds is 8. The number of halogens is 1. The van der Waals surface area contributed by atoms with Crippen LogP contribution in [0.4, 0.5) is 0 Å². The fraction of sp³-hybridized carbons (Fsp3) is 0.400. The molecule has 7 heteroatoms. The van der Waals surface area contributed by atoms with E-state index in [4.69, 9.17) is 16.6 Å². The summed E-state index contributed by atoms with van der Waals surface area (Å²) >= 11 is 7.80. The Bertz CT molecular complexity index is 759. The van der Waals surface area contributed by atoms with Crippen LogP contribution >= 0.6 is 22.9 Å². The number of amides is 1. The summed E-state index contributed by atoms with van der Waals surface area (Å²) in [5.74, 6) is 0.567. The van der Waals surface area contributed by atoms with Crippen LogP contribution < -0.4 is 16.0 Å². The van der Waals surface area contributed by atoms with E-state index in [1.165, 1.54) is 4.88 Å². The second kappa shape index (κ2) is 10.3.